The van der Waals surface area contributed by atoms with Crippen LogP contribution >= 0.6 is 0 Å². The van der Waals surface area contributed by atoms with Gasteiger partial charge in [-0.2, -0.15) is 0 Å². The minimum Gasteiger partial charge on any atom is -0.481 e. The number of hydrogen-bond acceptors (Lipinski definition) is 5. The SMILES string of the molecule is CN(C)C(=O)c1cccnc1N1CC[C@H](C(=O)O)[C@H](O)C1. The summed E-state index contributed by atoms with van der Waals surface area (Å²) in [5.41, 5.74) is 0.448. The largest absolute Gasteiger partial charge is 0.481 e. The molecule has 2 N–H and O–H groups in total. The highest BCUT2D eigenvalue weighted by Crippen LogP contribution is 2.25. The van der Waals surface area contributed by atoms with Gasteiger partial charge in [-0.1, -0.05) is 0 Å². The van der Waals surface area contributed by atoms with Gasteiger partial charge in [0.05, 0.1) is 17.6 Å². The van der Waals surface area contributed by atoms with Crippen molar-refractivity contribution in [3.8, 4) is 0 Å². The summed E-state index contributed by atoms with van der Waals surface area (Å²) in [4.78, 5) is 30.6. The summed E-state index contributed by atoms with van der Waals surface area (Å²) in [5.74, 6) is -1.45. The van der Waals surface area contributed by atoms with E-state index in [4.69, 9.17) is 5.11 Å². The predicted octanol–water partition coefficient (Wildman–Crippen LogP) is 0.0552. The molecule has 1 aliphatic rings. The van der Waals surface area contributed by atoms with Gasteiger partial charge in [0.2, 0.25) is 0 Å². The van der Waals surface area contributed by atoms with Gasteiger partial charge >= 0.3 is 5.97 Å². The van der Waals surface area contributed by atoms with Crippen molar-refractivity contribution < 1.29 is 19.8 Å². The van der Waals surface area contributed by atoms with E-state index in [0.29, 0.717) is 24.3 Å². The molecule has 7 heteroatoms. The highest BCUT2D eigenvalue weighted by atomic mass is 16.4. The minimum atomic E-state index is -0.993. The van der Waals surface area contributed by atoms with Gasteiger partial charge in [0.15, 0.2) is 0 Å². The van der Waals surface area contributed by atoms with E-state index in [1.807, 2.05) is 0 Å². The number of carbonyl (C=O) groups excluding carboxylic acids is 1. The second-order valence-electron chi connectivity index (χ2n) is 5.32. The molecule has 1 fully saturated rings. The van der Waals surface area contributed by atoms with Gasteiger partial charge in [0.25, 0.3) is 5.91 Å². The number of nitrogens with zero attached hydrogens (tertiary/aromatic N) is 3. The van der Waals surface area contributed by atoms with E-state index in [1.165, 1.54) is 4.90 Å². The number of piperidine rings is 1. The van der Waals surface area contributed by atoms with Crippen molar-refractivity contribution >= 4 is 17.7 Å². The number of amides is 1. The molecule has 0 aromatic carbocycles. The summed E-state index contributed by atoms with van der Waals surface area (Å²) >= 11 is 0. The topological polar surface area (TPSA) is 94.0 Å². The molecule has 2 atom stereocenters. The first kappa shape index (κ1) is 15.2. The van der Waals surface area contributed by atoms with Crippen LogP contribution in [0.5, 0.6) is 0 Å². The molecule has 2 rings (SSSR count). The molecule has 114 valence electrons. The average Bonchev–Trinajstić information content (AvgIpc) is 2.45. The lowest BCUT2D eigenvalue weighted by atomic mass is 9.94. The molecule has 0 spiro atoms. The van der Waals surface area contributed by atoms with Crippen molar-refractivity contribution in [1.29, 1.82) is 0 Å². The molecule has 1 aromatic heterocycles. The van der Waals surface area contributed by atoms with Gasteiger partial charge in [0, 0.05) is 33.4 Å². The zero-order valence-corrected chi connectivity index (χ0v) is 12.1. The summed E-state index contributed by atoms with van der Waals surface area (Å²) in [5, 5.41) is 19.0. The van der Waals surface area contributed by atoms with Gasteiger partial charge in [-0.15, -0.1) is 0 Å². The van der Waals surface area contributed by atoms with Crippen LogP contribution in [0.1, 0.15) is 16.8 Å². The van der Waals surface area contributed by atoms with Gasteiger partial charge < -0.3 is 20.0 Å². The number of hydrogen-bond donors (Lipinski definition) is 2. The number of aliphatic hydroxyl groups excluding tert-OH is 1. The number of rotatable bonds is 3. The number of aliphatic carboxylic acids is 1. The minimum absolute atomic E-state index is 0.154. The van der Waals surface area contributed by atoms with Crippen LogP contribution in [0.15, 0.2) is 18.3 Å². The molecule has 1 saturated heterocycles. The third-order valence-electron chi connectivity index (χ3n) is 3.62. The van der Waals surface area contributed by atoms with Crippen LogP contribution in [-0.2, 0) is 4.79 Å². The Morgan fingerprint density at radius 3 is 2.71 bits per heavy atom. The lowest BCUT2D eigenvalue weighted by molar-refractivity contribution is -0.146. The Labute approximate surface area is 122 Å². The Bertz CT molecular complexity index is 547. The number of aliphatic hydroxyl groups is 1. The van der Waals surface area contributed by atoms with Gasteiger partial charge in [-0.3, -0.25) is 9.59 Å². The molecule has 0 bridgehead atoms. The van der Waals surface area contributed by atoms with Crippen LogP contribution in [0.2, 0.25) is 0 Å². The fourth-order valence-corrected chi connectivity index (χ4v) is 2.47. The van der Waals surface area contributed by atoms with E-state index in [2.05, 4.69) is 4.98 Å². The Balaban J connectivity index is 2.24. The highest BCUT2D eigenvalue weighted by molar-refractivity contribution is 5.98. The van der Waals surface area contributed by atoms with Crippen LogP contribution in [0, 0.1) is 5.92 Å². The molecule has 0 saturated carbocycles. The maximum absolute atomic E-state index is 12.2. The quantitative estimate of drug-likeness (QED) is 0.818. The van der Waals surface area contributed by atoms with E-state index >= 15 is 0 Å². The van der Waals surface area contributed by atoms with Crippen LogP contribution in [-0.4, -0.2) is 65.3 Å². The van der Waals surface area contributed by atoms with Crippen molar-refractivity contribution in [3.05, 3.63) is 23.9 Å². The number of anilines is 1. The van der Waals surface area contributed by atoms with Crippen molar-refractivity contribution in [2.24, 2.45) is 5.92 Å². The highest BCUT2D eigenvalue weighted by Gasteiger charge is 2.34. The van der Waals surface area contributed by atoms with Gasteiger partial charge in [0.1, 0.15) is 5.82 Å². The van der Waals surface area contributed by atoms with Gasteiger partial charge in [-0.25, -0.2) is 4.98 Å². The average molecular weight is 293 g/mol. The van der Waals surface area contributed by atoms with E-state index in [0.717, 1.165) is 0 Å². The molecular formula is C14H19N3O4. The number of pyridine rings is 1. The first-order chi connectivity index (χ1) is 9.91. The molecule has 1 aromatic rings. The van der Waals surface area contributed by atoms with E-state index in [-0.39, 0.29) is 12.5 Å². The molecule has 21 heavy (non-hydrogen) atoms. The first-order valence-corrected chi connectivity index (χ1v) is 6.74. The molecule has 0 radical (unpaired) electrons. The van der Waals surface area contributed by atoms with Gasteiger partial charge in [-0.05, 0) is 18.6 Å². The predicted molar refractivity (Wildman–Crippen MR) is 76.2 cm³/mol. The van der Waals surface area contributed by atoms with Crippen LogP contribution in [0.4, 0.5) is 5.82 Å². The zero-order chi connectivity index (χ0) is 15.6. The molecule has 1 aliphatic heterocycles. The summed E-state index contributed by atoms with van der Waals surface area (Å²) in [7, 11) is 3.31. The van der Waals surface area contributed by atoms with E-state index < -0.39 is 18.0 Å². The number of carboxylic acids is 1. The number of aromatic nitrogens is 1. The molecular weight excluding hydrogens is 274 g/mol. The van der Waals surface area contributed by atoms with E-state index in [1.54, 1.807) is 37.3 Å². The fourth-order valence-electron chi connectivity index (χ4n) is 2.47. The molecule has 2 heterocycles. The van der Waals surface area contributed by atoms with Crippen LogP contribution < -0.4 is 4.90 Å². The van der Waals surface area contributed by atoms with Crippen molar-refractivity contribution in [2.75, 3.05) is 32.1 Å². The first-order valence-electron chi connectivity index (χ1n) is 6.74. The standard InChI is InChI=1S/C14H19N3O4/c1-16(2)13(19)10-4-3-6-15-12(10)17-7-5-9(14(20)21)11(18)8-17/h3-4,6,9,11,18H,5,7-8H2,1-2H3,(H,20,21)/t9-,11+/m0/s1. The van der Waals surface area contributed by atoms with Crippen LogP contribution in [0.3, 0.4) is 0 Å². The van der Waals surface area contributed by atoms with Crippen molar-refractivity contribution in [2.45, 2.75) is 12.5 Å². The maximum atomic E-state index is 12.2. The van der Waals surface area contributed by atoms with Crippen molar-refractivity contribution in [1.82, 2.24) is 9.88 Å². The third kappa shape index (κ3) is 3.13. The van der Waals surface area contributed by atoms with Crippen molar-refractivity contribution in [3.63, 3.8) is 0 Å². The Kier molecular flexibility index (Phi) is 4.42. The number of carboxylic acid groups (broad SMARTS) is 1. The summed E-state index contributed by atoms with van der Waals surface area (Å²) < 4.78 is 0. The lowest BCUT2D eigenvalue weighted by Gasteiger charge is -2.35. The third-order valence-corrected chi connectivity index (χ3v) is 3.62. The molecule has 7 nitrogen and oxygen atoms in total. The summed E-state index contributed by atoms with van der Waals surface area (Å²) in [6, 6.07) is 3.36. The Hall–Kier alpha value is -2.15. The lowest BCUT2D eigenvalue weighted by Crippen LogP contribution is -2.47. The van der Waals surface area contributed by atoms with Crippen LogP contribution in [0.25, 0.3) is 0 Å². The molecule has 0 unspecified atom stereocenters. The second kappa shape index (κ2) is 6.09. The molecule has 1 amide bonds. The zero-order valence-electron chi connectivity index (χ0n) is 12.1. The number of β-amino-alcohol motifs (C(OH)–C–C–N with tert-alkyl or cyclic N) is 1. The normalized spacial score (nSPS) is 22.0. The monoisotopic (exact) mass is 293 g/mol. The summed E-state index contributed by atoms with van der Waals surface area (Å²) in [6.45, 7) is 0.598. The van der Waals surface area contributed by atoms with E-state index in [9.17, 15) is 14.7 Å². The smallest absolute Gasteiger partial charge is 0.309 e. The summed E-state index contributed by atoms with van der Waals surface area (Å²) in [6.07, 6.45) is 0.931. The fraction of sp³-hybridized carbons (Fsp3) is 0.500. The second-order valence-corrected chi connectivity index (χ2v) is 5.32. The Morgan fingerprint density at radius 1 is 1.43 bits per heavy atom. The Morgan fingerprint density at radius 2 is 2.14 bits per heavy atom. The number of carbonyl (C=O) groups is 2. The molecule has 0 aliphatic carbocycles. The maximum Gasteiger partial charge on any atom is 0.309 e.